The summed E-state index contributed by atoms with van der Waals surface area (Å²) in [5.41, 5.74) is 0. The molecule has 2 saturated heterocycles. The molecular formula is C28H55NO2. The molecule has 0 bridgehead atoms. The van der Waals surface area contributed by atoms with E-state index < -0.39 is 0 Å². The minimum Gasteiger partial charge on any atom is -0.347 e. The second-order valence-electron chi connectivity index (χ2n) is 10.7. The summed E-state index contributed by atoms with van der Waals surface area (Å²) in [6, 6.07) is 0. The van der Waals surface area contributed by atoms with Crippen LogP contribution in [-0.4, -0.2) is 43.0 Å². The minimum atomic E-state index is -0.277. The van der Waals surface area contributed by atoms with Gasteiger partial charge in [0.05, 0.1) is 12.7 Å². The van der Waals surface area contributed by atoms with Gasteiger partial charge in [0, 0.05) is 19.4 Å². The number of ether oxygens (including phenoxy) is 2. The number of hydrogen-bond donors (Lipinski definition) is 0. The topological polar surface area (TPSA) is 21.7 Å². The fourth-order valence-corrected chi connectivity index (χ4v) is 5.33. The molecule has 1 atom stereocenters. The Labute approximate surface area is 195 Å². The van der Waals surface area contributed by atoms with Crippen LogP contribution in [0.4, 0.5) is 0 Å². The lowest BCUT2D eigenvalue weighted by molar-refractivity contribution is -0.181. The van der Waals surface area contributed by atoms with Gasteiger partial charge in [-0.25, -0.2) is 0 Å². The van der Waals surface area contributed by atoms with Crippen LogP contribution in [0.2, 0.25) is 0 Å². The fourth-order valence-electron chi connectivity index (χ4n) is 5.33. The van der Waals surface area contributed by atoms with Crippen LogP contribution >= 0.6 is 0 Å². The van der Waals surface area contributed by atoms with Crippen molar-refractivity contribution in [3.63, 3.8) is 0 Å². The van der Waals surface area contributed by atoms with Crippen LogP contribution in [0.1, 0.15) is 136 Å². The Bertz CT molecular complexity index is 401. The molecule has 2 rings (SSSR count). The van der Waals surface area contributed by atoms with Crippen LogP contribution in [0.15, 0.2) is 0 Å². The zero-order chi connectivity index (χ0) is 22.2. The Morgan fingerprint density at radius 3 is 1.71 bits per heavy atom. The Morgan fingerprint density at radius 1 is 0.710 bits per heavy atom. The van der Waals surface area contributed by atoms with Crippen LogP contribution in [0.3, 0.4) is 0 Å². The number of unbranched alkanes of at least 4 members (excludes halogenated alkanes) is 12. The van der Waals surface area contributed by atoms with E-state index in [1.54, 1.807) is 0 Å². The van der Waals surface area contributed by atoms with Crippen LogP contribution in [-0.2, 0) is 9.47 Å². The van der Waals surface area contributed by atoms with E-state index in [1.807, 2.05) is 0 Å². The second-order valence-corrected chi connectivity index (χ2v) is 10.7. The molecule has 2 aliphatic heterocycles. The van der Waals surface area contributed by atoms with Crippen LogP contribution in [0, 0.1) is 5.92 Å². The van der Waals surface area contributed by atoms with Gasteiger partial charge in [0.2, 0.25) is 0 Å². The summed E-state index contributed by atoms with van der Waals surface area (Å²) in [6.45, 7) is 11.3. The first-order valence-corrected chi connectivity index (χ1v) is 14.2. The number of hydrogen-bond acceptors (Lipinski definition) is 3. The highest BCUT2D eigenvalue weighted by molar-refractivity contribution is 4.82. The zero-order valence-electron chi connectivity index (χ0n) is 21.5. The van der Waals surface area contributed by atoms with Crippen molar-refractivity contribution < 1.29 is 9.47 Å². The van der Waals surface area contributed by atoms with Crippen LogP contribution in [0.5, 0.6) is 0 Å². The summed E-state index contributed by atoms with van der Waals surface area (Å²) in [4.78, 5) is 2.62. The predicted molar refractivity (Wildman–Crippen MR) is 134 cm³/mol. The molecule has 2 aliphatic rings. The van der Waals surface area contributed by atoms with Crippen molar-refractivity contribution >= 4 is 0 Å². The number of likely N-dealkylation sites (tertiary alicyclic amines) is 1. The van der Waals surface area contributed by atoms with Gasteiger partial charge in [-0.05, 0) is 44.7 Å². The highest BCUT2D eigenvalue weighted by Gasteiger charge is 2.41. The first-order chi connectivity index (χ1) is 15.2. The molecule has 0 aromatic carbocycles. The van der Waals surface area contributed by atoms with E-state index in [9.17, 15) is 0 Å². The lowest BCUT2D eigenvalue weighted by atomic mass is 9.98. The summed E-state index contributed by atoms with van der Waals surface area (Å²) in [6.07, 6.45) is 24.2. The second kappa shape index (κ2) is 16.5. The Hall–Kier alpha value is -0.120. The molecule has 0 spiro atoms. The van der Waals surface area contributed by atoms with Crippen molar-refractivity contribution in [2.24, 2.45) is 5.92 Å². The first-order valence-electron chi connectivity index (χ1n) is 14.2. The molecule has 3 heteroatoms. The van der Waals surface area contributed by atoms with Crippen molar-refractivity contribution in [3.8, 4) is 0 Å². The average Bonchev–Trinajstić information content (AvgIpc) is 3.17. The Morgan fingerprint density at radius 2 is 1.19 bits per heavy atom. The highest BCUT2D eigenvalue weighted by atomic mass is 16.7. The molecule has 0 N–H and O–H groups in total. The van der Waals surface area contributed by atoms with Gasteiger partial charge in [-0.2, -0.15) is 0 Å². The van der Waals surface area contributed by atoms with Gasteiger partial charge in [-0.1, -0.05) is 97.8 Å². The molecule has 2 fully saturated rings. The Balaban J connectivity index is 1.71. The van der Waals surface area contributed by atoms with E-state index in [1.165, 1.54) is 116 Å². The van der Waals surface area contributed by atoms with E-state index >= 15 is 0 Å². The van der Waals surface area contributed by atoms with E-state index in [-0.39, 0.29) is 11.9 Å². The molecule has 3 nitrogen and oxygen atoms in total. The van der Waals surface area contributed by atoms with Gasteiger partial charge in [-0.15, -0.1) is 0 Å². The summed E-state index contributed by atoms with van der Waals surface area (Å²) >= 11 is 0. The standard InChI is InChI=1S/C28H55NO2/c1-4-6-8-10-12-14-16-20-28(21-17-15-13-11-9-7-5-2)30-25-27(31-28)24-29-22-18-26(3)19-23-29/h26-27H,4-25H2,1-3H3. The van der Waals surface area contributed by atoms with Crippen molar-refractivity contribution in [1.29, 1.82) is 0 Å². The van der Waals surface area contributed by atoms with E-state index in [2.05, 4.69) is 25.7 Å². The van der Waals surface area contributed by atoms with Gasteiger partial charge in [-0.3, -0.25) is 0 Å². The first kappa shape index (κ1) is 27.1. The number of piperidine rings is 1. The van der Waals surface area contributed by atoms with E-state index in [0.717, 1.165) is 31.9 Å². The third-order valence-electron chi connectivity index (χ3n) is 7.57. The van der Waals surface area contributed by atoms with Gasteiger partial charge >= 0.3 is 0 Å². The third-order valence-corrected chi connectivity index (χ3v) is 7.57. The van der Waals surface area contributed by atoms with E-state index in [0.29, 0.717) is 0 Å². The largest absolute Gasteiger partial charge is 0.347 e. The maximum atomic E-state index is 6.70. The quantitative estimate of drug-likeness (QED) is 0.202. The molecule has 0 amide bonds. The van der Waals surface area contributed by atoms with Gasteiger partial charge < -0.3 is 14.4 Å². The van der Waals surface area contributed by atoms with Crippen LogP contribution in [0.25, 0.3) is 0 Å². The number of rotatable bonds is 18. The molecule has 0 aromatic rings. The maximum absolute atomic E-state index is 6.70. The highest BCUT2D eigenvalue weighted by Crippen LogP contribution is 2.35. The summed E-state index contributed by atoms with van der Waals surface area (Å²) < 4.78 is 13.2. The average molecular weight is 438 g/mol. The maximum Gasteiger partial charge on any atom is 0.168 e. The molecule has 2 heterocycles. The smallest absolute Gasteiger partial charge is 0.168 e. The monoisotopic (exact) mass is 437 g/mol. The summed E-state index contributed by atoms with van der Waals surface area (Å²) in [5, 5.41) is 0. The number of nitrogens with zero attached hydrogens (tertiary/aromatic N) is 1. The molecule has 0 aliphatic carbocycles. The van der Waals surface area contributed by atoms with Crippen molar-refractivity contribution in [1.82, 2.24) is 4.90 Å². The molecule has 1 unspecified atom stereocenters. The normalized spacial score (nSPS) is 22.4. The summed E-state index contributed by atoms with van der Waals surface area (Å²) in [5.74, 6) is 0.617. The van der Waals surface area contributed by atoms with Gasteiger partial charge in [0.15, 0.2) is 5.79 Å². The van der Waals surface area contributed by atoms with Crippen LogP contribution < -0.4 is 0 Å². The molecule has 184 valence electrons. The third kappa shape index (κ3) is 11.5. The molecular weight excluding hydrogens is 382 g/mol. The lowest BCUT2D eigenvalue weighted by Crippen LogP contribution is -2.40. The fraction of sp³-hybridized carbons (Fsp3) is 1.00. The van der Waals surface area contributed by atoms with Crippen molar-refractivity contribution in [3.05, 3.63) is 0 Å². The molecule has 31 heavy (non-hydrogen) atoms. The summed E-state index contributed by atoms with van der Waals surface area (Å²) in [7, 11) is 0. The molecule has 0 radical (unpaired) electrons. The zero-order valence-corrected chi connectivity index (χ0v) is 21.5. The molecule has 0 saturated carbocycles. The Kier molecular flexibility index (Phi) is 14.4. The van der Waals surface area contributed by atoms with Gasteiger partial charge in [0.25, 0.3) is 0 Å². The van der Waals surface area contributed by atoms with Crippen molar-refractivity contribution in [2.45, 2.75) is 148 Å². The SMILES string of the molecule is CCCCCCCCCC1(CCCCCCCCC)OCC(CN2CCC(C)CC2)O1. The minimum absolute atomic E-state index is 0.277. The predicted octanol–water partition coefficient (Wildman–Crippen LogP) is 8.11. The lowest BCUT2D eigenvalue weighted by Gasteiger charge is -2.33. The van der Waals surface area contributed by atoms with Gasteiger partial charge in [0.1, 0.15) is 0 Å². The van der Waals surface area contributed by atoms with Crippen molar-refractivity contribution in [2.75, 3.05) is 26.2 Å². The van der Waals surface area contributed by atoms with E-state index in [4.69, 9.17) is 9.47 Å². The molecule has 0 aromatic heterocycles.